The summed E-state index contributed by atoms with van der Waals surface area (Å²) < 4.78 is 15.3. The zero-order valence-corrected chi connectivity index (χ0v) is 17.3. The van der Waals surface area contributed by atoms with Gasteiger partial charge in [0.15, 0.2) is 0 Å². The van der Waals surface area contributed by atoms with E-state index in [0.29, 0.717) is 16.7 Å². The second-order valence-electron chi connectivity index (χ2n) is 6.74. The van der Waals surface area contributed by atoms with Crippen molar-refractivity contribution in [2.45, 2.75) is 19.4 Å². The number of nitro benzene ring substituents is 1. The molecule has 166 valence electrons. The summed E-state index contributed by atoms with van der Waals surface area (Å²) in [6.07, 6.45) is -0.284. The van der Waals surface area contributed by atoms with E-state index in [1.165, 1.54) is 37.4 Å². The van der Waals surface area contributed by atoms with Crippen LogP contribution in [-0.4, -0.2) is 30.5 Å². The van der Waals surface area contributed by atoms with Crippen LogP contribution in [0.25, 0.3) is 11.0 Å². The third-order valence-electron chi connectivity index (χ3n) is 4.65. The predicted octanol–water partition coefficient (Wildman–Crippen LogP) is 3.13. The summed E-state index contributed by atoms with van der Waals surface area (Å²) in [5.74, 6) is -0.904. The second kappa shape index (κ2) is 9.73. The number of carbonyl (C=O) groups excluding carboxylic acids is 2. The Bertz CT molecular complexity index is 1230. The lowest BCUT2D eigenvalue weighted by Crippen LogP contribution is -2.33. The van der Waals surface area contributed by atoms with Gasteiger partial charge in [-0.1, -0.05) is 12.1 Å². The van der Waals surface area contributed by atoms with Crippen molar-refractivity contribution in [2.75, 3.05) is 13.7 Å². The lowest BCUT2D eigenvalue weighted by atomic mass is 10.0. The molecule has 1 amide bonds. The van der Waals surface area contributed by atoms with Gasteiger partial charge in [-0.2, -0.15) is 0 Å². The van der Waals surface area contributed by atoms with Gasteiger partial charge in [0.25, 0.3) is 11.6 Å². The number of nitrogens with one attached hydrogen (secondary N) is 1. The number of esters is 1. The molecular formula is C22H20N2O8. The van der Waals surface area contributed by atoms with E-state index in [-0.39, 0.29) is 29.9 Å². The van der Waals surface area contributed by atoms with Gasteiger partial charge in [-0.25, -0.2) is 4.79 Å². The summed E-state index contributed by atoms with van der Waals surface area (Å²) in [5, 5.41) is 14.2. The Morgan fingerprint density at radius 1 is 1.19 bits per heavy atom. The van der Waals surface area contributed by atoms with Gasteiger partial charge in [-0.15, -0.1) is 0 Å². The number of non-ortho nitro benzene ring substituents is 1. The van der Waals surface area contributed by atoms with Gasteiger partial charge in [-0.05, 0) is 36.8 Å². The Morgan fingerprint density at radius 2 is 1.97 bits per heavy atom. The fraction of sp³-hybridized carbons (Fsp3) is 0.227. The monoisotopic (exact) mass is 440 g/mol. The van der Waals surface area contributed by atoms with Crippen LogP contribution in [0.1, 0.15) is 35.3 Å². The van der Waals surface area contributed by atoms with E-state index >= 15 is 0 Å². The average molecular weight is 440 g/mol. The van der Waals surface area contributed by atoms with Gasteiger partial charge in [-0.3, -0.25) is 19.7 Å². The van der Waals surface area contributed by atoms with Crippen molar-refractivity contribution < 1.29 is 28.4 Å². The molecule has 32 heavy (non-hydrogen) atoms. The van der Waals surface area contributed by atoms with Crippen LogP contribution < -0.4 is 15.7 Å². The van der Waals surface area contributed by atoms with Gasteiger partial charge in [0.1, 0.15) is 16.9 Å². The summed E-state index contributed by atoms with van der Waals surface area (Å²) in [6, 6.07) is 10.7. The van der Waals surface area contributed by atoms with Crippen LogP contribution in [-0.2, 0) is 9.53 Å². The maximum atomic E-state index is 12.9. The van der Waals surface area contributed by atoms with Gasteiger partial charge in [0.05, 0.1) is 31.1 Å². The molecule has 0 radical (unpaired) electrons. The second-order valence-corrected chi connectivity index (χ2v) is 6.74. The van der Waals surface area contributed by atoms with Gasteiger partial charge >= 0.3 is 11.6 Å². The van der Waals surface area contributed by atoms with E-state index in [9.17, 15) is 24.5 Å². The molecule has 1 atom stereocenters. The molecule has 3 rings (SSSR count). The molecule has 2 aromatic carbocycles. The van der Waals surface area contributed by atoms with Crippen LogP contribution in [0, 0.1) is 10.1 Å². The van der Waals surface area contributed by atoms with E-state index < -0.39 is 28.5 Å². The predicted molar refractivity (Wildman–Crippen MR) is 114 cm³/mol. The number of fused-ring (bicyclic) bond motifs is 1. The highest BCUT2D eigenvalue weighted by Gasteiger charge is 2.24. The van der Waals surface area contributed by atoms with E-state index in [2.05, 4.69) is 5.32 Å². The van der Waals surface area contributed by atoms with E-state index in [4.69, 9.17) is 13.9 Å². The molecule has 0 spiro atoms. The first-order chi connectivity index (χ1) is 15.3. The maximum absolute atomic E-state index is 12.9. The zero-order valence-electron chi connectivity index (χ0n) is 17.3. The number of methoxy groups -OCH3 is 1. The molecule has 1 heterocycles. The Kier molecular flexibility index (Phi) is 6.83. The lowest BCUT2D eigenvalue weighted by molar-refractivity contribution is -0.384. The molecule has 0 saturated carbocycles. The molecule has 10 heteroatoms. The molecule has 0 aliphatic heterocycles. The van der Waals surface area contributed by atoms with Crippen LogP contribution in [0.3, 0.4) is 0 Å². The quantitative estimate of drug-likeness (QED) is 0.244. The van der Waals surface area contributed by atoms with Crippen molar-refractivity contribution in [3.05, 3.63) is 80.2 Å². The maximum Gasteiger partial charge on any atom is 0.349 e. The molecule has 3 aromatic rings. The molecule has 0 aliphatic carbocycles. The Balaban J connectivity index is 1.96. The number of ether oxygens (including phenoxy) is 2. The zero-order chi connectivity index (χ0) is 23.3. The number of hydrogen-bond donors (Lipinski definition) is 1. The molecule has 1 N–H and O–H groups in total. The largest absolute Gasteiger partial charge is 0.497 e. The van der Waals surface area contributed by atoms with Gasteiger partial charge in [0, 0.05) is 17.5 Å². The fourth-order valence-corrected chi connectivity index (χ4v) is 3.12. The summed E-state index contributed by atoms with van der Waals surface area (Å²) in [7, 11) is 1.48. The normalized spacial score (nSPS) is 11.6. The highest BCUT2D eigenvalue weighted by atomic mass is 16.6. The standard InChI is InChI=1S/C22H20N2O8/c1-3-31-20(25)12-18(13-5-4-6-15(9-13)24(28)29)23-21(26)17-11-14-10-16(30-2)7-8-19(14)32-22(17)27/h4-11,18H,3,12H2,1-2H3,(H,23,26). The van der Waals surface area contributed by atoms with Crippen molar-refractivity contribution in [1.82, 2.24) is 5.32 Å². The molecule has 0 bridgehead atoms. The number of hydrogen-bond acceptors (Lipinski definition) is 8. The number of nitrogens with zero attached hydrogens (tertiary/aromatic N) is 1. The number of carbonyl (C=O) groups is 2. The average Bonchev–Trinajstić information content (AvgIpc) is 2.78. The Morgan fingerprint density at radius 3 is 2.66 bits per heavy atom. The van der Waals surface area contributed by atoms with E-state index in [1.54, 1.807) is 25.1 Å². The van der Waals surface area contributed by atoms with Gasteiger partial charge in [0.2, 0.25) is 0 Å². The molecule has 10 nitrogen and oxygen atoms in total. The number of rotatable bonds is 8. The Labute approximate surface area is 181 Å². The summed E-state index contributed by atoms with van der Waals surface area (Å²) in [5.41, 5.74) is -0.774. The van der Waals surface area contributed by atoms with Crippen LogP contribution >= 0.6 is 0 Å². The number of benzene rings is 2. The molecule has 1 aromatic heterocycles. The summed E-state index contributed by atoms with van der Waals surface area (Å²) in [6.45, 7) is 1.76. The molecule has 0 saturated heterocycles. The minimum absolute atomic E-state index is 0.129. The smallest absolute Gasteiger partial charge is 0.349 e. The minimum Gasteiger partial charge on any atom is -0.497 e. The first kappa shape index (κ1) is 22.5. The topological polar surface area (TPSA) is 138 Å². The third kappa shape index (κ3) is 5.09. The van der Waals surface area contributed by atoms with E-state index in [0.717, 1.165) is 0 Å². The first-order valence-corrected chi connectivity index (χ1v) is 9.65. The summed E-state index contributed by atoms with van der Waals surface area (Å²) >= 11 is 0. The van der Waals surface area contributed by atoms with Crippen LogP contribution in [0.4, 0.5) is 5.69 Å². The fourth-order valence-electron chi connectivity index (χ4n) is 3.12. The number of amides is 1. The molecular weight excluding hydrogens is 420 g/mol. The van der Waals surface area contributed by atoms with Crippen LogP contribution in [0.5, 0.6) is 5.75 Å². The molecule has 0 aliphatic rings. The van der Waals surface area contributed by atoms with Crippen LogP contribution in [0.2, 0.25) is 0 Å². The van der Waals surface area contributed by atoms with Crippen molar-refractivity contribution in [1.29, 1.82) is 0 Å². The Hall–Kier alpha value is -4.21. The molecule has 1 unspecified atom stereocenters. The number of nitro groups is 1. The summed E-state index contributed by atoms with van der Waals surface area (Å²) in [4.78, 5) is 47.9. The van der Waals surface area contributed by atoms with E-state index in [1.807, 2.05) is 0 Å². The van der Waals surface area contributed by atoms with Crippen molar-refractivity contribution in [3.63, 3.8) is 0 Å². The van der Waals surface area contributed by atoms with Crippen molar-refractivity contribution in [3.8, 4) is 5.75 Å². The SMILES string of the molecule is CCOC(=O)CC(NC(=O)c1cc2cc(OC)ccc2oc1=O)c1cccc([N+](=O)[O-])c1. The van der Waals surface area contributed by atoms with Crippen molar-refractivity contribution >= 4 is 28.5 Å². The van der Waals surface area contributed by atoms with Crippen LogP contribution in [0.15, 0.2) is 57.7 Å². The highest BCUT2D eigenvalue weighted by molar-refractivity contribution is 5.97. The van der Waals surface area contributed by atoms with Gasteiger partial charge < -0.3 is 19.2 Å². The third-order valence-corrected chi connectivity index (χ3v) is 4.65. The molecule has 0 fully saturated rings. The lowest BCUT2D eigenvalue weighted by Gasteiger charge is -2.18. The first-order valence-electron chi connectivity index (χ1n) is 9.65. The minimum atomic E-state index is -0.971. The van der Waals surface area contributed by atoms with Crippen molar-refractivity contribution in [2.24, 2.45) is 0 Å². The highest BCUT2D eigenvalue weighted by Crippen LogP contribution is 2.24.